The van der Waals surface area contributed by atoms with Gasteiger partial charge in [0.05, 0.1) is 18.4 Å². The molecule has 1 fully saturated rings. The Bertz CT molecular complexity index is 1240. The molecule has 1 aromatic heterocycles. The van der Waals surface area contributed by atoms with E-state index in [4.69, 9.17) is 25.4 Å². The summed E-state index contributed by atoms with van der Waals surface area (Å²) in [4.78, 5) is 4.66. The van der Waals surface area contributed by atoms with Gasteiger partial charge in [-0.15, -0.1) is 0 Å². The Morgan fingerprint density at radius 2 is 1.91 bits per heavy atom. The van der Waals surface area contributed by atoms with Crippen molar-refractivity contribution in [2.45, 2.75) is 52.6 Å². The molecule has 2 heterocycles. The van der Waals surface area contributed by atoms with E-state index in [-0.39, 0.29) is 24.1 Å². The standard InChI is InChI=1S/C27H31ClNO5P/c1-17(2)27-25(30)9-8-22(29-27)15-24-18(3)12-23(13-19(24)4)32-16-35(31)33-11-10-26(34-35)20-6-5-7-21(28)14-20/h5-9,12-14,17,26,30H,10-11,15-16H2,1-4H3. The average Bonchev–Trinajstić information content (AvgIpc) is 2.81. The Morgan fingerprint density at radius 1 is 1.17 bits per heavy atom. The number of nitrogens with zero attached hydrogens (tertiary/aromatic N) is 1. The molecule has 3 aromatic rings. The largest absolute Gasteiger partial charge is 0.506 e. The summed E-state index contributed by atoms with van der Waals surface area (Å²) in [5, 5.41) is 10.7. The maximum atomic E-state index is 13.2. The smallest absolute Gasteiger partial charge is 0.368 e. The number of rotatable bonds is 7. The SMILES string of the molecule is Cc1cc(OCP2(=O)OCCC(c3cccc(Cl)c3)O2)cc(C)c1Cc1ccc(O)c(C(C)C)n1. The van der Waals surface area contributed by atoms with Crippen LogP contribution >= 0.6 is 19.2 Å². The number of aromatic nitrogens is 1. The summed E-state index contributed by atoms with van der Waals surface area (Å²) in [7, 11) is -3.43. The van der Waals surface area contributed by atoms with E-state index < -0.39 is 7.60 Å². The fourth-order valence-corrected chi connectivity index (χ4v) is 5.96. The number of hydrogen-bond acceptors (Lipinski definition) is 6. The zero-order chi connectivity index (χ0) is 25.2. The number of pyridine rings is 1. The topological polar surface area (TPSA) is 77.9 Å². The summed E-state index contributed by atoms with van der Waals surface area (Å²) >= 11 is 6.10. The number of aromatic hydroxyl groups is 1. The highest BCUT2D eigenvalue weighted by Gasteiger charge is 2.35. The highest BCUT2D eigenvalue weighted by atomic mass is 35.5. The Balaban J connectivity index is 1.45. The molecule has 1 aliphatic heterocycles. The van der Waals surface area contributed by atoms with Crippen molar-refractivity contribution in [1.82, 2.24) is 4.98 Å². The van der Waals surface area contributed by atoms with Crippen LogP contribution in [-0.4, -0.2) is 23.0 Å². The minimum Gasteiger partial charge on any atom is -0.506 e. The van der Waals surface area contributed by atoms with Crippen molar-refractivity contribution in [3.63, 3.8) is 0 Å². The third-order valence-electron chi connectivity index (χ3n) is 6.10. The van der Waals surface area contributed by atoms with E-state index in [1.807, 2.05) is 64.1 Å². The summed E-state index contributed by atoms with van der Waals surface area (Å²) in [6.07, 6.45) is 0.723. The molecule has 2 atom stereocenters. The Morgan fingerprint density at radius 3 is 2.60 bits per heavy atom. The molecule has 2 unspecified atom stereocenters. The van der Waals surface area contributed by atoms with Gasteiger partial charge in [-0.2, -0.15) is 0 Å². The summed E-state index contributed by atoms with van der Waals surface area (Å²) in [5.41, 5.74) is 5.70. The van der Waals surface area contributed by atoms with Gasteiger partial charge in [-0.1, -0.05) is 37.6 Å². The first-order chi connectivity index (χ1) is 16.6. The second-order valence-corrected chi connectivity index (χ2v) is 11.6. The van der Waals surface area contributed by atoms with Crippen LogP contribution in [0.15, 0.2) is 48.5 Å². The molecule has 6 nitrogen and oxygen atoms in total. The van der Waals surface area contributed by atoms with Gasteiger partial charge >= 0.3 is 7.60 Å². The van der Waals surface area contributed by atoms with E-state index in [1.165, 1.54) is 0 Å². The predicted octanol–water partition coefficient (Wildman–Crippen LogP) is 7.48. The molecule has 0 saturated carbocycles. The van der Waals surface area contributed by atoms with Gasteiger partial charge in [-0.25, -0.2) is 0 Å². The first kappa shape index (κ1) is 25.7. The molecule has 8 heteroatoms. The monoisotopic (exact) mass is 515 g/mol. The average molecular weight is 516 g/mol. The Kier molecular flexibility index (Phi) is 7.87. The maximum Gasteiger partial charge on any atom is 0.368 e. The van der Waals surface area contributed by atoms with Crippen molar-refractivity contribution in [3.05, 3.63) is 87.2 Å². The number of benzene rings is 2. The predicted molar refractivity (Wildman–Crippen MR) is 138 cm³/mol. The Labute approximate surface area is 211 Å². The Hall–Kier alpha value is -2.37. The van der Waals surface area contributed by atoms with Crippen molar-refractivity contribution in [3.8, 4) is 11.5 Å². The van der Waals surface area contributed by atoms with Crippen LogP contribution in [0, 0.1) is 13.8 Å². The first-order valence-electron chi connectivity index (χ1n) is 11.7. The summed E-state index contributed by atoms with van der Waals surface area (Å²) in [5.74, 6) is 0.969. The normalized spacial score (nSPS) is 20.2. The lowest BCUT2D eigenvalue weighted by atomic mass is 9.97. The van der Waals surface area contributed by atoms with E-state index in [2.05, 4.69) is 4.98 Å². The van der Waals surface area contributed by atoms with Crippen LogP contribution in [0.4, 0.5) is 0 Å². The van der Waals surface area contributed by atoms with Crippen molar-refractivity contribution in [2.75, 3.05) is 13.0 Å². The van der Waals surface area contributed by atoms with E-state index in [1.54, 1.807) is 12.1 Å². The third-order valence-corrected chi connectivity index (χ3v) is 7.93. The molecule has 0 aliphatic carbocycles. The maximum absolute atomic E-state index is 13.2. The highest BCUT2D eigenvalue weighted by molar-refractivity contribution is 7.53. The number of hydrogen-bond donors (Lipinski definition) is 1. The summed E-state index contributed by atoms with van der Waals surface area (Å²) < 4.78 is 30.5. The molecule has 186 valence electrons. The highest BCUT2D eigenvalue weighted by Crippen LogP contribution is 2.56. The van der Waals surface area contributed by atoms with Gasteiger partial charge in [0.15, 0.2) is 6.35 Å². The van der Waals surface area contributed by atoms with Crippen LogP contribution in [0.2, 0.25) is 5.02 Å². The van der Waals surface area contributed by atoms with E-state index in [9.17, 15) is 9.67 Å². The van der Waals surface area contributed by atoms with E-state index >= 15 is 0 Å². The van der Waals surface area contributed by atoms with Gasteiger partial charge in [0.2, 0.25) is 0 Å². The van der Waals surface area contributed by atoms with Gasteiger partial charge in [-0.05, 0) is 78.4 Å². The lowest BCUT2D eigenvalue weighted by Gasteiger charge is -2.30. The molecule has 2 aromatic carbocycles. The molecular formula is C27H31ClNO5P. The molecule has 0 bridgehead atoms. The molecule has 4 rings (SSSR count). The molecule has 0 spiro atoms. The molecule has 0 radical (unpaired) electrons. The van der Waals surface area contributed by atoms with Crippen molar-refractivity contribution in [1.29, 1.82) is 0 Å². The minimum absolute atomic E-state index is 0.137. The summed E-state index contributed by atoms with van der Waals surface area (Å²) in [6.45, 7) is 8.38. The van der Waals surface area contributed by atoms with Crippen LogP contribution in [0.3, 0.4) is 0 Å². The second kappa shape index (κ2) is 10.7. The molecule has 1 aliphatic rings. The third kappa shape index (κ3) is 6.25. The fourth-order valence-electron chi connectivity index (χ4n) is 4.26. The molecule has 1 saturated heterocycles. The van der Waals surface area contributed by atoms with Crippen LogP contribution < -0.4 is 4.74 Å². The zero-order valence-corrected chi connectivity index (χ0v) is 22.1. The van der Waals surface area contributed by atoms with Crippen molar-refractivity contribution >= 4 is 19.2 Å². The number of halogens is 1. The molecule has 0 amide bonds. The lowest BCUT2D eigenvalue weighted by molar-refractivity contribution is 0.0725. The molecule has 35 heavy (non-hydrogen) atoms. The van der Waals surface area contributed by atoms with Crippen LogP contribution in [0.25, 0.3) is 0 Å². The minimum atomic E-state index is -3.43. The van der Waals surface area contributed by atoms with E-state index in [0.29, 0.717) is 35.9 Å². The molecule has 1 N–H and O–H groups in total. The fraction of sp³-hybridized carbons (Fsp3) is 0.370. The van der Waals surface area contributed by atoms with Crippen LogP contribution in [0.1, 0.15) is 65.9 Å². The number of ether oxygens (including phenoxy) is 1. The van der Waals surface area contributed by atoms with Gasteiger partial charge in [0.1, 0.15) is 11.5 Å². The van der Waals surface area contributed by atoms with Gasteiger partial charge in [-0.3, -0.25) is 14.1 Å². The van der Waals surface area contributed by atoms with Crippen LogP contribution in [-0.2, 0) is 20.0 Å². The van der Waals surface area contributed by atoms with E-state index in [0.717, 1.165) is 27.9 Å². The first-order valence-corrected chi connectivity index (χ1v) is 13.8. The van der Waals surface area contributed by atoms with Crippen molar-refractivity contribution < 1.29 is 23.5 Å². The quantitative estimate of drug-likeness (QED) is 0.329. The van der Waals surface area contributed by atoms with Crippen LogP contribution in [0.5, 0.6) is 11.5 Å². The molecular weight excluding hydrogens is 485 g/mol. The zero-order valence-electron chi connectivity index (χ0n) is 20.5. The van der Waals surface area contributed by atoms with Gasteiger partial charge in [0.25, 0.3) is 0 Å². The van der Waals surface area contributed by atoms with Gasteiger partial charge in [0, 0.05) is 23.6 Å². The van der Waals surface area contributed by atoms with Crippen molar-refractivity contribution in [2.24, 2.45) is 0 Å². The van der Waals surface area contributed by atoms with Gasteiger partial charge < -0.3 is 14.4 Å². The lowest BCUT2D eigenvalue weighted by Crippen LogP contribution is -2.17. The number of aryl methyl sites for hydroxylation is 2. The summed E-state index contributed by atoms with van der Waals surface area (Å²) in [6, 6.07) is 14.8. The second-order valence-electron chi connectivity index (χ2n) is 9.23.